The zero-order valence-corrected chi connectivity index (χ0v) is 26.9. The normalized spacial score (nSPS) is 16.2. The zero-order valence-electron chi connectivity index (χ0n) is 26.9. The van der Waals surface area contributed by atoms with Crippen molar-refractivity contribution < 1.29 is 38.5 Å². The number of methoxy groups -OCH3 is 1. The molecule has 11 heteroatoms. The molecule has 0 unspecified atom stereocenters. The molecule has 1 aliphatic carbocycles. The first-order chi connectivity index (χ1) is 22.4. The minimum Gasteiger partial charge on any atom is -0.495 e. The van der Waals surface area contributed by atoms with Gasteiger partial charge in [0.1, 0.15) is 11.6 Å². The van der Waals surface area contributed by atoms with Crippen LogP contribution in [-0.2, 0) is 14.4 Å². The van der Waals surface area contributed by atoms with E-state index < -0.39 is 11.9 Å². The number of carboxylic acid groups (broad SMARTS) is 2. The highest BCUT2D eigenvalue weighted by molar-refractivity contribution is 6.09. The molecule has 1 saturated heterocycles. The number of ketones is 1. The number of piperidine rings is 1. The number of nitrogens with two attached hydrogens (primary N) is 1. The monoisotopic (exact) mass is 647 g/mol. The summed E-state index contributed by atoms with van der Waals surface area (Å²) >= 11 is 0. The highest BCUT2D eigenvalue weighted by atomic mass is 19.1. The second kappa shape index (κ2) is 17.6. The largest absolute Gasteiger partial charge is 0.495 e. The molecule has 1 fully saturated rings. The third kappa shape index (κ3) is 11.1. The van der Waals surface area contributed by atoms with Gasteiger partial charge in [0.05, 0.1) is 18.4 Å². The van der Waals surface area contributed by atoms with Crippen LogP contribution in [0.25, 0.3) is 0 Å². The Bertz CT molecular complexity index is 1540. The molecule has 2 aliphatic rings. The Hall–Kier alpha value is -5.03. The molecular formula is C36H42FN3O7. The lowest BCUT2D eigenvalue weighted by molar-refractivity contribution is -0.134. The number of halogens is 1. The summed E-state index contributed by atoms with van der Waals surface area (Å²) in [5.74, 6) is -2.01. The number of anilines is 1. The predicted octanol–water partition coefficient (Wildman–Crippen LogP) is 5.23. The SMILES string of the molecule is COc1ccccc1N(CCN1CCC(C(=O)c2ccc(F)cc2)CC1)C(=O)C1=C(N)CC(=CC(C)C)C=C1.O=C(O)C=CC(=O)O. The van der Waals surface area contributed by atoms with Gasteiger partial charge in [0.2, 0.25) is 0 Å². The van der Waals surface area contributed by atoms with Gasteiger partial charge in [0.25, 0.3) is 5.91 Å². The van der Waals surface area contributed by atoms with Gasteiger partial charge in [-0.2, -0.15) is 0 Å². The molecule has 0 aromatic heterocycles. The van der Waals surface area contributed by atoms with E-state index in [9.17, 15) is 23.6 Å². The van der Waals surface area contributed by atoms with Crippen molar-refractivity contribution in [1.82, 2.24) is 4.90 Å². The number of nitrogens with zero attached hydrogens (tertiary/aromatic N) is 2. The van der Waals surface area contributed by atoms with Crippen molar-refractivity contribution in [2.45, 2.75) is 33.1 Å². The van der Waals surface area contributed by atoms with E-state index in [1.807, 2.05) is 36.4 Å². The van der Waals surface area contributed by atoms with Gasteiger partial charge in [-0.05, 0) is 79.9 Å². The number of carbonyl (C=O) groups excluding carboxylic acids is 2. The van der Waals surface area contributed by atoms with E-state index in [4.69, 9.17) is 20.7 Å². The van der Waals surface area contributed by atoms with Crippen molar-refractivity contribution in [3.05, 3.63) is 107 Å². The van der Waals surface area contributed by atoms with Gasteiger partial charge < -0.3 is 30.5 Å². The van der Waals surface area contributed by atoms with E-state index in [0.29, 0.717) is 65.9 Å². The summed E-state index contributed by atoms with van der Waals surface area (Å²) in [6, 6.07) is 13.3. The average Bonchev–Trinajstić information content (AvgIpc) is 3.04. The third-order valence-electron chi connectivity index (χ3n) is 7.70. The minimum atomic E-state index is -1.26. The van der Waals surface area contributed by atoms with Gasteiger partial charge in [-0.25, -0.2) is 14.0 Å². The Labute approximate surface area is 274 Å². The topological polar surface area (TPSA) is 150 Å². The van der Waals surface area contributed by atoms with Crippen LogP contribution in [0.2, 0.25) is 0 Å². The lowest BCUT2D eigenvalue weighted by atomic mass is 9.89. The quantitative estimate of drug-likeness (QED) is 0.220. The fourth-order valence-corrected chi connectivity index (χ4v) is 5.40. The maximum absolute atomic E-state index is 13.9. The van der Waals surface area contributed by atoms with Crippen molar-refractivity contribution in [3.8, 4) is 5.75 Å². The van der Waals surface area contributed by atoms with Gasteiger partial charge >= 0.3 is 11.9 Å². The molecule has 4 rings (SSSR count). The van der Waals surface area contributed by atoms with Gasteiger partial charge in [-0.3, -0.25) is 9.59 Å². The molecule has 0 radical (unpaired) electrons. The first-order valence-electron chi connectivity index (χ1n) is 15.4. The molecule has 0 spiro atoms. The molecule has 250 valence electrons. The number of para-hydroxylation sites is 2. The molecule has 1 heterocycles. The van der Waals surface area contributed by atoms with Crippen LogP contribution in [0.1, 0.15) is 43.5 Å². The second-order valence-corrected chi connectivity index (χ2v) is 11.6. The summed E-state index contributed by atoms with van der Waals surface area (Å²) in [4.78, 5) is 49.9. The zero-order chi connectivity index (χ0) is 34.5. The number of allylic oxidation sites excluding steroid dienone is 3. The molecule has 1 aliphatic heterocycles. The van der Waals surface area contributed by atoms with Crippen molar-refractivity contribution in [2.24, 2.45) is 17.6 Å². The molecule has 47 heavy (non-hydrogen) atoms. The number of hydrogen-bond acceptors (Lipinski definition) is 7. The number of hydrogen-bond donors (Lipinski definition) is 3. The van der Waals surface area contributed by atoms with Gasteiger partial charge in [-0.1, -0.05) is 38.1 Å². The van der Waals surface area contributed by atoms with Crippen LogP contribution in [0.3, 0.4) is 0 Å². The highest BCUT2D eigenvalue weighted by Crippen LogP contribution is 2.31. The number of rotatable bonds is 11. The van der Waals surface area contributed by atoms with Gasteiger partial charge in [0.15, 0.2) is 5.78 Å². The fourth-order valence-electron chi connectivity index (χ4n) is 5.40. The van der Waals surface area contributed by atoms with E-state index in [-0.39, 0.29) is 23.4 Å². The summed E-state index contributed by atoms with van der Waals surface area (Å²) in [5.41, 5.74) is 9.85. The van der Waals surface area contributed by atoms with Crippen LogP contribution in [0.4, 0.5) is 10.1 Å². The van der Waals surface area contributed by atoms with Crippen molar-refractivity contribution in [2.75, 3.05) is 38.2 Å². The van der Waals surface area contributed by atoms with Crippen LogP contribution < -0.4 is 15.4 Å². The first-order valence-corrected chi connectivity index (χ1v) is 15.4. The second-order valence-electron chi connectivity index (χ2n) is 11.6. The predicted molar refractivity (Wildman–Crippen MR) is 178 cm³/mol. The Morgan fingerprint density at radius 2 is 1.62 bits per heavy atom. The first kappa shape index (κ1) is 36.4. The smallest absolute Gasteiger partial charge is 0.328 e. The van der Waals surface area contributed by atoms with E-state index in [2.05, 4.69) is 24.8 Å². The number of Topliss-reactive ketones (excluding diaryl/α,β-unsaturated/α-hetero) is 1. The van der Waals surface area contributed by atoms with Crippen molar-refractivity contribution in [3.63, 3.8) is 0 Å². The molecule has 0 atom stereocenters. The third-order valence-corrected chi connectivity index (χ3v) is 7.70. The maximum atomic E-state index is 13.9. The molecular weight excluding hydrogens is 605 g/mol. The Morgan fingerprint density at radius 1 is 1.00 bits per heavy atom. The maximum Gasteiger partial charge on any atom is 0.328 e. The molecule has 4 N–H and O–H groups in total. The fraction of sp³-hybridized carbons (Fsp3) is 0.333. The lowest BCUT2D eigenvalue weighted by Gasteiger charge is -2.34. The number of carbonyl (C=O) groups is 4. The van der Waals surface area contributed by atoms with E-state index in [1.165, 1.54) is 12.1 Å². The number of ether oxygens (including phenoxy) is 1. The minimum absolute atomic E-state index is 0.0675. The van der Waals surface area contributed by atoms with Gasteiger partial charge in [0, 0.05) is 48.8 Å². The number of aliphatic carboxylic acids is 2. The highest BCUT2D eigenvalue weighted by Gasteiger charge is 2.29. The summed E-state index contributed by atoms with van der Waals surface area (Å²) in [6.45, 7) is 6.84. The standard InChI is InChI=1S/C32H38FN3O3.C4H4O4/c1-22(2)20-23-8-13-27(28(34)21-23)32(38)36(29-6-4-5-7-30(29)39-3)19-18-35-16-14-25(15-17-35)31(37)24-9-11-26(33)12-10-24;5-3(6)1-2-4(7)8/h4-13,20,22,25H,14-19,21,34H2,1-3H3;1-2H,(H,5,6)(H,7,8). The van der Waals surface area contributed by atoms with Crippen LogP contribution >= 0.6 is 0 Å². The summed E-state index contributed by atoms with van der Waals surface area (Å²) in [6.07, 6.45) is 9.08. The average molecular weight is 648 g/mol. The van der Waals surface area contributed by atoms with Crippen LogP contribution in [0, 0.1) is 17.7 Å². The van der Waals surface area contributed by atoms with Crippen LogP contribution in [0.15, 0.2) is 95.8 Å². The number of amides is 1. The molecule has 0 bridgehead atoms. The molecule has 1 amide bonds. The Kier molecular flexibility index (Phi) is 13.7. The molecule has 10 nitrogen and oxygen atoms in total. The lowest BCUT2D eigenvalue weighted by Crippen LogP contribution is -2.43. The van der Waals surface area contributed by atoms with E-state index in [0.717, 1.165) is 31.5 Å². The van der Waals surface area contributed by atoms with Gasteiger partial charge in [-0.15, -0.1) is 0 Å². The number of carboxylic acids is 2. The van der Waals surface area contributed by atoms with Crippen LogP contribution in [0.5, 0.6) is 5.75 Å². The molecule has 2 aromatic rings. The summed E-state index contributed by atoms with van der Waals surface area (Å²) < 4.78 is 18.8. The molecule has 0 saturated carbocycles. The van der Waals surface area contributed by atoms with E-state index >= 15 is 0 Å². The number of likely N-dealkylation sites (tertiary alicyclic amines) is 1. The Balaban J connectivity index is 0.000000665. The Morgan fingerprint density at radius 3 is 2.17 bits per heavy atom. The van der Waals surface area contributed by atoms with Crippen LogP contribution in [-0.4, -0.2) is 72.0 Å². The number of benzene rings is 2. The summed E-state index contributed by atoms with van der Waals surface area (Å²) in [5, 5.41) is 15.6. The van der Waals surface area contributed by atoms with Crippen molar-refractivity contribution in [1.29, 1.82) is 0 Å². The van der Waals surface area contributed by atoms with Crippen molar-refractivity contribution >= 4 is 29.3 Å². The summed E-state index contributed by atoms with van der Waals surface area (Å²) in [7, 11) is 1.60. The molecule has 2 aromatic carbocycles. The van der Waals surface area contributed by atoms with E-state index in [1.54, 1.807) is 24.1 Å².